The molecule has 0 saturated carbocycles. The summed E-state index contributed by atoms with van der Waals surface area (Å²) < 4.78 is 8.26. The second kappa shape index (κ2) is 23.3. The Morgan fingerprint density at radius 1 is 0.643 bits per heavy atom. The molecule has 0 bridgehead atoms. The molecule has 87 valence electrons. The second-order valence-corrected chi connectivity index (χ2v) is 3.15. The van der Waals surface area contributed by atoms with Crippen LogP contribution < -0.4 is 15.3 Å². The summed E-state index contributed by atoms with van der Waals surface area (Å²) in [6, 6.07) is 0. The molecule has 0 fully saturated rings. The van der Waals surface area contributed by atoms with E-state index in [4.69, 9.17) is 3.40 Å². The summed E-state index contributed by atoms with van der Waals surface area (Å²) in [5, 5.41) is 28.6. The summed E-state index contributed by atoms with van der Waals surface area (Å²) >= 11 is 0.700. The molecule has 0 aliphatic heterocycles. The summed E-state index contributed by atoms with van der Waals surface area (Å²) in [6.45, 7) is 9.67. The summed E-state index contributed by atoms with van der Waals surface area (Å²) in [6.07, 6.45) is -1.25. The molecular weight excluding hydrogens is 268 g/mol. The summed E-state index contributed by atoms with van der Waals surface area (Å²) in [4.78, 5) is 0. The molecule has 0 aromatic heterocycles. The van der Waals surface area contributed by atoms with Crippen molar-refractivity contribution < 1.29 is 38.5 Å². The van der Waals surface area contributed by atoms with E-state index in [0.29, 0.717) is 19.8 Å². The molecule has 0 aromatic carbocycles. The average molecular weight is 289 g/mol. The summed E-state index contributed by atoms with van der Waals surface area (Å²) in [5.74, 6) is 0. The third-order valence-electron chi connectivity index (χ3n) is 0. The Morgan fingerprint density at radius 2 is 0.643 bits per heavy atom. The zero-order valence-electron chi connectivity index (χ0n) is 9.77. The Kier molecular flexibility index (Phi) is 39.8. The molecule has 0 rings (SSSR count). The van der Waals surface area contributed by atoms with Crippen LogP contribution in [-0.4, -0.2) is 18.3 Å². The SMILES string of the molecule is CC(C)[O-].CC(C)[O-].CC(C)[O-].[O]=[Mo+3]. The van der Waals surface area contributed by atoms with Gasteiger partial charge in [-0.1, -0.05) is 41.5 Å². The molecule has 0 saturated heterocycles. The van der Waals surface area contributed by atoms with Crippen LogP contribution in [0, 0.1) is 0 Å². The molecule has 0 heterocycles. The van der Waals surface area contributed by atoms with Crippen LogP contribution in [0.4, 0.5) is 0 Å². The molecule has 5 heteroatoms. The Hall–Kier alpha value is 0.368. The van der Waals surface area contributed by atoms with Gasteiger partial charge in [-0.3, -0.25) is 0 Å². The Morgan fingerprint density at radius 3 is 0.643 bits per heavy atom. The van der Waals surface area contributed by atoms with Gasteiger partial charge in [0, 0.05) is 0 Å². The maximum atomic E-state index is 9.53. The monoisotopic (exact) mass is 291 g/mol. The van der Waals surface area contributed by atoms with E-state index in [9.17, 15) is 15.3 Å². The van der Waals surface area contributed by atoms with E-state index in [1.54, 1.807) is 41.5 Å². The van der Waals surface area contributed by atoms with Crippen molar-refractivity contribution in [3.8, 4) is 0 Å². The molecule has 14 heavy (non-hydrogen) atoms. The number of rotatable bonds is 0. The summed E-state index contributed by atoms with van der Waals surface area (Å²) in [5.41, 5.74) is 0. The van der Waals surface area contributed by atoms with Crippen LogP contribution in [-0.2, 0) is 23.2 Å². The standard InChI is InChI=1S/3C3H7O.Mo.O/c3*1-3(2)4;;/h3*3H,1-2H3;;/q3*-1;+3;. The van der Waals surface area contributed by atoms with E-state index in [1.807, 2.05) is 0 Å². The fourth-order valence-electron chi connectivity index (χ4n) is 0. The van der Waals surface area contributed by atoms with E-state index in [-0.39, 0.29) is 0 Å². The van der Waals surface area contributed by atoms with Crippen LogP contribution in [0.1, 0.15) is 41.5 Å². The Balaban J connectivity index is -0.0000000492. The van der Waals surface area contributed by atoms with Crippen LogP contribution in [0.15, 0.2) is 0 Å². The van der Waals surface area contributed by atoms with Gasteiger partial charge >= 0.3 is 23.2 Å². The van der Waals surface area contributed by atoms with Gasteiger partial charge in [-0.15, -0.1) is 18.3 Å². The average Bonchev–Trinajstić information content (AvgIpc) is 1.86. The molecule has 0 aliphatic rings. The molecule has 0 aliphatic carbocycles. The quantitative estimate of drug-likeness (QED) is 0.543. The van der Waals surface area contributed by atoms with Crippen LogP contribution in [0.5, 0.6) is 0 Å². The van der Waals surface area contributed by atoms with Gasteiger partial charge in [-0.2, -0.15) is 0 Å². The molecule has 0 unspecified atom stereocenters. The van der Waals surface area contributed by atoms with Gasteiger partial charge in [0.05, 0.1) is 0 Å². The molecule has 0 atom stereocenters. The van der Waals surface area contributed by atoms with Crippen molar-refractivity contribution in [1.82, 2.24) is 0 Å². The van der Waals surface area contributed by atoms with Crippen molar-refractivity contribution in [3.05, 3.63) is 0 Å². The van der Waals surface area contributed by atoms with E-state index in [0.717, 1.165) is 0 Å². The molecule has 0 amide bonds. The van der Waals surface area contributed by atoms with Gasteiger partial charge in [0.1, 0.15) is 0 Å². The topological polar surface area (TPSA) is 86.2 Å². The molecule has 0 radical (unpaired) electrons. The first-order chi connectivity index (χ1) is 6.20. The normalized spacial score (nSPS) is 8.14. The van der Waals surface area contributed by atoms with Crippen LogP contribution in [0.2, 0.25) is 0 Å². The van der Waals surface area contributed by atoms with Crippen molar-refractivity contribution in [2.75, 3.05) is 0 Å². The van der Waals surface area contributed by atoms with Crippen molar-refractivity contribution in [2.24, 2.45) is 0 Å². The van der Waals surface area contributed by atoms with Crippen molar-refractivity contribution >= 4 is 0 Å². The minimum absolute atomic E-state index is 0.417. The Labute approximate surface area is 98.6 Å². The fraction of sp³-hybridized carbons (Fsp3) is 1.00. The zero-order valence-corrected chi connectivity index (χ0v) is 11.8. The van der Waals surface area contributed by atoms with E-state index < -0.39 is 18.3 Å². The van der Waals surface area contributed by atoms with Crippen molar-refractivity contribution in [1.29, 1.82) is 0 Å². The van der Waals surface area contributed by atoms with Gasteiger partial charge < -0.3 is 15.3 Å². The van der Waals surface area contributed by atoms with Crippen molar-refractivity contribution in [2.45, 2.75) is 59.9 Å². The predicted octanol–water partition coefficient (Wildman–Crippen LogP) is -0.856. The minimum atomic E-state index is -0.417. The molecule has 0 N–H and O–H groups in total. The zero-order chi connectivity index (χ0) is 12.7. The maximum absolute atomic E-state index is 9.53. The number of hydrogen-bond acceptors (Lipinski definition) is 4. The summed E-state index contributed by atoms with van der Waals surface area (Å²) in [7, 11) is 0. The first kappa shape index (κ1) is 23.9. The van der Waals surface area contributed by atoms with E-state index in [1.165, 1.54) is 0 Å². The molecule has 4 nitrogen and oxygen atoms in total. The third kappa shape index (κ3) is 11800. The molecule has 0 aromatic rings. The van der Waals surface area contributed by atoms with E-state index in [2.05, 4.69) is 0 Å². The fourth-order valence-corrected chi connectivity index (χ4v) is 0. The molecular formula is C9H21MoO4. The Bertz CT molecular complexity index is 54.7. The first-order valence-corrected chi connectivity index (χ1v) is 5.16. The van der Waals surface area contributed by atoms with E-state index >= 15 is 0 Å². The van der Waals surface area contributed by atoms with Crippen LogP contribution in [0.3, 0.4) is 0 Å². The third-order valence-corrected chi connectivity index (χ3v) is 0. The van der Waals surface area contributed by atoms with Crippen LogP contribution in [0.25, 0.3) is 0 Å². The van der Waals surface area contributed by atoms with Gasteiger partial charge in [-0.25, -0.2) is 0 Å². The van der Waals surface area contributed by atoms with Crippen LogP contribution >= 0.6 is 0 Å². The van der Waals surface area contributed by atoms with Gasteiger partial charge in [0.25, 0.3) is 0 Å². The molecule has 0 spiro atoms. The van der Waals surface area contributed by atoms with Crippen molar-refractivity contribution in [3.63, 3.8) is 0 Å². The predicted molar refractivity (Wildman–Crippen MR) is 46.1 cm³/mol. The van der Waals surface area contributed by atoms with Gasteiger partial charge in [0.2, 0.25) is 0 Å². The van der Waals surface area contributed by atoms with Gasteiger partial charge in [-0.05, 0) is 0 Å². The number of hydrogen-bond donors (Lipinski definition) is 0. The first-order valence-electron chi connectivity index (χ1n) is 4.34. The second-order valence-electron chi connectivity index (χ2n) is 3.15. The van der Waals surface area contributed by atoms with Gasteiger partial charge in [0.15, 0.2) is 0 Å².